The SMILES string of the molecule is CCc1cc(C(=O)NCc2ccc(OC)cc2)cc(Cl)n1. The maximum atomic E-state index is 12.1. The molecule has 0 bridgehead atoms. The fraction of sp³-hybridized carbons (Fsp3) is 0.250. The molecule has 110 valence electrons. The number of aromatic nitrogens is 1. The fourth-order valence-corrected chi connectivity index (χ4v) is 2.12. The zero-order valence-electron chi connectivity index (χ0n) is 12.0. The first-order valence-electron chi connectivity index (χ1n) is 6.70. The second-order valence-electron chi connectivity index (χ2n) is 4.55. The summed E-state index contributed by atoms with van der Waals surface area (Å²) in [5.41, 5.74) is 2.33. The molecule has 1 aromatic heterocycles. The van der Waals surface area contributed by atoms with Crippen molar-refractivity contribution < 1.29 is 9.53 Å². The molecule has 1 N–H and O–H groups in total. The number of ether oxygens (including phenoxy) is 1. The molecule has 0 unspecified atom stereocenters. The molecule has 0 saturated heterocycles. The molecule has 0 spiro atoms. The number of hydrogen-bond donors (Lipinski definition) is 1. The third-order valence-electron chi connectivity index (χ3n) is 3.08. The van der Waals surface area contributed by atoms with Crippen molar-refractivity contribution in [3.8, 4) is 5.75 Å². The molecule has 1 aromatic carbocycles. The first-order chi connectivity index (χ1) is 10.1. The Balaban J connectivity index is 2.02. The molecule has 2 aromatic rings. The molecule has 0 saturated carbocycles. The van der Waals surface area contributed by atoms with Crippen LogP contribution in [-0.2, 0) is 13.0 Å². The van der Waals surface area contributed by atoms with E-state index in [-0.39, 0.29) is 5.91 Å². The number of halogens is 1. The van der Waals surface area contributed by atoms with E-state index in [0.717, 1.165) is 23.4 Å². The number of nitrogens with one attached hydrogen (secondary N) is 1. The average Bonchev–Trinajstić information content (AvgIpc) is 2.52. The van der Waals surface area contributed by atoms with Gasteiger partial charge in [0.05, 0.1) is 7.11 Å². The lowest BCUT2D eigenvalue weighted by Gasteiger charge is -2.08. The summed E-state index contributed by atoms with van der Waals surface area (Å²) in [6.45, 7) is 2.42. The molecular formula is C16H17ClN2O2. The Hall–Kier alpha value is -2.07. The standard InChI is InChI=1S/C16H17ClN2O2/c1-3-13-8-12(9-15(17)19-13)16(20)18-10-11-4-6-14(21-2)7-5-11/h4-9H,3,10H2,1-2H3,(H,18,20). The lowest BCUT2D eigenvalue weighted by Crippen LogP contribution is -2.23. The predicted octanol–water partition coefficient (Wildman–Crippen LogP) is 3.24. The topological polar surface area (TPSA) is 51.2 Å². The second-order valence-corrected chi connectivity index (χ2v) is 4.94. The fourth-order valence-electron chi connectivity index (χ4n) is 1.89. The summed E-state index contributed by atoms with van der Waals surface area (Å²) in [6, 6.07) is 10.9. The second kappa shape index (κ2) is 7.09. The number of hydrogen-bond acceptors (Lipinski definition) is 3. The molecule has 2 rings (SSSR count). The highest BCUT2D eigenvalue weighted by atomic mass is 35.5. The van der Waals surface area contributed by atoms with Crippen molar-refractivity contribution in [1.29, 1.82) is 0 Å². The maximum absolute atomic E-state index is 12.1. The predicted molar refractivity (Wildman–Crippen MR) is 82.8 cm³/mol. The molecule has 0 aliphatic carbocycles. The summed E-state index contributed by atoms with van der Waals surface area (Å²) >= 11 is 5.92. The van der Waals surface area contributed by atoms with Crippen LogP contribution < -0.4 is 10.1 Å². The quantitative estimate of drug-likeness (QED) is 0.863. The van der Waals surface area contributed by atoms with E-state index in [1.165, 1.54) is 0 Å². The summed E-state index contributed by atoms with van der Waals surface area (Å²) < 4.78 is 5.09. The van der Waals surface area contributed by atoms with Crippen LogP contribution in [0.1, 0.15) is 28.5 Å². The van der Waals surface area contributed by atoms with Crippen LogP contribution in [0.4, 0.5) is 0 Å². The first-order valence-corrected chi connectivity index (χ1v) is 7.07. The number of methoxy groups -OCH3 is 1. The van der Waals surface area contributed by atoms with Gasteiger partial charge in [0, 0.05) is 17.8 Å². The van der Waals surface area contributed by atoms with E-state index in [1.807, 2.05) is 31.2 Å². The molecule has 5 heteroatoms. The molecule has 1 amide bonds. The summed E-state index contributed by atoms with van der Waals surface area (Å²) in [5.74, 6) is 0.628. The smallest absolute Gasteiger partial charge is 0.251 e. The third-order valence-corrected chi connectivity index (χ3v) is 3.28. The molecule has 4 nitrogen and oxygen atoms in total. The van der Waals surface area contributed by atoms with Crippen molar-refractivity contribution in [3.63, 3.8) is 0 Å². The van der Waals surface area contributed by atoms with Crippen molar-refractivity contribution in [1.82, 2.24) is 10.3 Å². The van der Waals surface area contributed by atoms with Crippen molar-refractivity contribution in [2.45, 2.75) is 19.9 Å². The van der Waals surface area contributed by atoms with Gasteiger partial charge in [0.2, 0.25) is 0 Å². The van der Waals surface area contributed by atoms with Crippen LogP contribution in [0.25, 0.3) is 0 Å². The Morgan fingerprint density at radius 3 is 2.62 bits per heavy atom. The van der Waals surface area contributed by atoms with Gasteiger partial charge in [0.25, 0.3) is 5.91 Å². The number of pyridine rings is 1. The summed E-state index contributed by atoms with van der Waals surface area (Å²) in [7, 11) is 1.62. The Morgan fingerprint density at radius 2 is 2.00 bits per heavy atom. The Bertz CT molecular complexity index is 627. The Labute approximate surface area is 129 Å². The minimum absolute atomic E-state index is 0.162. The van der Waals surface area contributed by atoms with Crippen LogP contribution in [0.15, 0.2) is 36.4 Å². The molecule has 1 heterocycles. The molecule has 0 aliphatic rings. The van der Waals surface area contributed by atoms with E-state index in [2.05, 4.69) is 10.3 Å². The minimum Gasteiger partial charge on any atom is -0.497 e. The number of aryl methyl sites for hydroxylation is 1. The average molecular weight is 305 g/mol. The number of nitrogens with zero attached hydrogens (tertiary/aromatic N) is 1. The van der Waals surface area contributed by atoms with Gasteiger partial charge in [-0.2, -0.15) is 0 Å². The van der Waals surface area contributed by atoms with Crippen LogP contribution >= 0.6 is 11.6 Å². The van der Waals surface area contributed by atoms with Gasteiger partial charge in [-0.05, 0) is 36.2 Å². The summed E-state index contributed by atoms with van der Waals surface area (Å²) in [4.78, 5) is 16.3. The molecule has 0 fully saturated rings. The van der Waals surface area contributed by atoms with Gasteiger partial charge in [-0.1, -0.05) is 30.7 Å². The van der Waals surface area contributed by atoms with Crippen molar-refractivity contribution in [2.75, 3.05) is 7.11 Å². The first kappa shape index (κ1) is 15.3. The van der Waals surface area contributed by atoms with Gasteiger partial charge >= 0.3 is 0 Å². The van der Waals surface area contributed by atoms with Gasteiger partial charge in [0.1, 0.15) is 10.9 Å². The van der Waals surface area contributed by atoms with E-state index in [9.17, 15) is 4.79 Å². The molecule has 0 aliphatic heterocycles. The van der Waals surface area contributed by atoms with Gasteiger partial charge in [0.15, 0.2) is 0 Å². The van der Waals surface area contributed by atoms with Crippen molar-refractivity contribution in [3.05, 3.63) is 58.4 Å². The monoisotopic (exact) mass is 304 g/mol. The summed E-state index contributed by atoms with van der Waals surface area (Å²) in [6.07, 6.45) is 0.735. The molecule has 21 heavy (non-hydrogen) atoms. The van der Waals surface area contributed by atoms with Gasteiger partial charge in [-0.15, -0.1) is 0 Å². The van der Waals surface area contributed by atoms with Crippen molar-refractivity contribution >= 4 is 17.5 Å². The van der Waals surface area contributed by atoms with E-state index in [0.29, 0.717) is 17.3 Å². The normalized spacial score (nSPS) is 10.2. The minimum atomic E-state index is -0.162. The number of carbonyl (C=O) groups excluding carboxylic acids is 1. The number of amides is 1. The van der Waals surface area contributed by atoms with Crippen LogP contribution in [0.2, 0.25) is 5.15 Å². The van der Waals surface area contributed by atoms with Gasteiger partial charge < -0.3 is 10.1 Å². The number of carbonyl (C=O) groups is 1. The van der Waals surface area contributed by atoms with Crippen molar-refractivity contribution in [2.24, 2.45) is 0 Å². The Kier molecular flexibility index (Phi) is 5.17. The van der Waals surface area contributed by atoms with E-state index in [4.69, 9.17) is 16.3 Å². The van der Waals surface area contributed by atoms with E-state index >= 15 is 0 Å². The zero-order valence-corrected chi connectivity index (χ0v) is 12.8. The van der Waals surface area contributed by atoms with Crippen LogP contribution in [-0.4, -0.2) is 18.0 Å². The highest BCUT2D eigenvalue weighted by Gasteiger charge is 2.08. The van der Waals surface area contributed by atoms with E-state index < -0.39 is 0 Å². The highest BCUT2D eigenvalue weighted by molar-refractivity contribution is 6.29. The van der Waals surface area contributed by atoms with Gasteiger partial charge in [-0.3, -0.25) is 4.79 Å². The largest absolute Gasteiger partial charge is 0.497 e. The van der Waals surface area contributed by atoms with Crippen LogP contribution in [0, 0.1) is 0 Å². The molecule has 0 radical (unpaired) electrons. The molecular weight excluding hydrogens is 288 g/mol. The molecule has 0 atom stereocenters. The number of benzene rings is 1. The van der Waals surface area contributed by atoms with E-state index in [1.54, 1.807) is 19.2 Å². The summed E-state index contributed by atoms with van der Waals surface area (Å²) in [5, 5.41) is 3.20. The van der Waals surface area contributed by atoms with Crippen LogP contribution in [0.5, 0.6) is 5.75 Å². The Morgan fingerprint density at radius 1 is 1.29 bits per heavy atom. The van der Waals surface area contributed by atoms with Crippen LogP contribution in [0.3, 0.4) is 0 Å². The highest BCUT2D eigenvalue weighted by Crippen LogP contribution is 2.13. The maximum Gasteiger partial charge on any atom is 0.251 e. The lowest BCUT2D eigenvalue weighted by atomic mass is 10.1. The lowest BCUT2D eigenvalue weighted by molar-refractivity contribution is 0.0950. The zero-order chi connectivity index (χ0) is 15.2. The number of rotatable bonds is 5. The third kappa shape index (κ3) is 4.20. The van der Waals surface area contributed by atoms with Gasteiger partial charge in [-0.25, -0.2) is 4.98 Å².